The van der Waals surface area contributed by atoms with Gasteiger partial charge in [0, 0.05) is 12.0 Å². The first-order chi connectivity index (χ1) is 10.1. The average molecular weight is 290 g/mol. The van der Waals surface area contributed by atoms with Crippen LogP contribution in [0.2, 0.25) is 0 Å². The molecule has 1 unspecified atom stereocenters. The lowest BCUT2D eigenvalue weighted by Gasteiger charge is -2.16. The van der Waals surface area contributed by atoms with E-state index >= 15 is 0 Å². The van der Waals surface area contributed by atoms with Gasteiger partial charge in [-0.3, -0.25) is 0 Å². The van der Waals surface area contributed by atoms with Crippen molar-refractivity contribution in [2.45, 2.75) is 19.4 Å². The Hall–Kier alpha value is -2.07. The molecule has 0 radical (unpaired) electrons. The van der Waals surface area contributed by atoms with Gasteiger partial charge in [-0.15, -0.1) is 0 Å². The molecule has 0 bridgehead atoms. The fourth-order valence-electron chi connectivity index (χ4n) is 2.30. The highest BCUT2D eigenvalue weighted by molar-refractivity contribution is 5.40. The van der Waals surface area contributed by atoms with Crippen molar-refractivity contribution in [1.82, 2.24) is 0 Å². The van der Waals surface area contributed by atoms with Crippen LogP contribution in [-0.2, 0) is 6.42 Å². The number of ether oxygens (including phenoxy) is 2. The highest BCUT2D eigenvalue weighted by Crippen LogP contribution is 2.30. The van der Waals surface area contributed by atoms with Crippen LogP contribution in [0.1, 0.15) is 22.8 Å². The maximum atomic E-state index is 14.1. The SMILES string of the molecule is COc1ccc(C)cc1C(O)Cc1cccc(OC)c1F. The lowest BCUT2D eigenvalue weighted by Crippen LogP contribution is -2.06. The van der Waals surface area contributed by atoms with E-state index in [1.54, 1.807) is 31.4 Å². The number of aryl methyl sites for hydroxylation is 1. The fraction of sp³-hybridized carbons (Fsp3) is 0.294. The van der Waals surface area contributed by atoms with E-state index in [0.29, 0.717) is 16.9 Å². The summed E-state index contributed by atoms with van der Waals surface area (Å²) in [5.41, 5.74) is 2.07. The number of aliphatic hydroxyl groups excluding tert-OH is 1. The Balaban J connectivity index is 2.30. The number of methoxy groups -OCH3 is 2. The molecule has 0 aliphatic rings. The molecular formula is C17H19FO3. The molecule has 4 heteroatoms. The number of rotatable bonds is 5. The molecule has 21 heavy (non-hydrogen) atoms. The largest absolute Gasteiger partial charge is 0.496 e. The van der Waals surface area contributed by atoms with Gasteiger partial charge in [0.05, 0.1) is 20.3 Å². The number of benzene rings is 2. The van der Waals surface area contributed by atoms with Crippen LogP contribution in [0.3, 0.4) is 0 Å². The molecule has 0 fully saturated rings. The molecule has 0 heterocycles. The average Bonchev–Trinajstić information content (AvgIpc) is 2.49. The van der Waals surface area contributed by atoms with Gasteiger partial charge < -0.3 is 14.6 Å². The van der Waals surface area contributed by atoms with E-state index in [4.69, 9.17) is 9.47 Å². The minimum Gasteiger partial charge on any atom is -0.496 e. The molecule has 112 valence electrons. The van der Waals surface area contributed by atoms with Crippen LogP contribution in [0.5, 0.6) is 11.5 Å². The Morgan fingerprint density at radius 2 is 1.81 bits per heavy atom. The van der Waals surface area contributed by atoms with Crippen molar-refractivity contribution in [2.75, 3.05) is 14.2 Å². The van der Waals surface area contributed by atoms with Gasteiger partial charge in [0.2, 0.25) is 0 Å². The van der Waals surface area contributed by atoms with Crippen LogP contribution < -0.4 is 9.47 Å². The summed E-state index contributed by atoms with van der Waals surface area (Å²) in [6.07, 6.45) is -0.690. The smallest absolute Gasteiger partial charge is 0.168 e. The van der Waals surface area contributed by atoms with E-state index in [9.17, 15) is 9.50 Å². The lowest BCUT2D eigenvalue weighted by molar-refractivity contribution is 0.172. The second-order valence-corrected chi connectivity index (χ2v) is 4.90. The Morgan fingerprint density at radius 1 is 1.10 bits per heavy atom. The van der Waals surface area contributed by atoms with E-state index in [1.165, 1.54) is 7.11 Å². The van der Waals surface area contributed by atoms with Gasteiger partial charge in [0.1, 0.15) is 5.75 Å². The van der Waals surface area contributed by atoms with E-state index in [1.807, 2.05) is 19.1 Å². The van der Waals surface area contributed by atoms with Gasteiger partial charge in [-0.25, -0.2) is 4.39 Å². The highest BCUT2D eigenvalue weighted by Gasteiger charge is 2.17. The summed E-state index contributed by atoms with van der Waals surface area (Å²) >= 11 is 0. The second-order valence-electron chi connectivity index (χ2n) is 4.90. The van der Waals surface area contributed by atoms with Crippen molar-refractivity contribution in [2.24, 2.45) is 0 Å². The molecular weight excluding hydrogens is 271 g/mol. The standard InChI is InChI=1S/C17H19FO3/c1-11-7-8-15(20-2)13(9-11)14(19)10-12-5-4-6-16(21-3)17(12)18/h4-9,14,19H,10H2,1-3H3. The first-order valence-corrected chi connectivity index (χ1v) is 6.70. The normalized spacial score (nSPS) is 12.0. The molecule has 2 aromatic carbocycles. The van der Waals surface area contributed by atoms with Crippen LogP contribution in [0.25, 0.3) is 0 Å². The van der Waals surface area contributed by atoms with Gasteiger partial charge in [-0.1, -0.05) is 23.8 Å². The Morgan fingerprint density at radius 3 is 2.48 bits per heavy atom. The summed E-state index contributed by atoms with van der Waals surface area (Å²) in [6, 6.07) is 10.5. The Bertz CT molecular complexity index is 625. The molecule has 2 rings (SSSR count). The highest BCUT2D eigenvalue weighted by atomic mass is 19.1. The van der Waals surface area contributed by atoms with E-state index in [2.05, 4.69) is 0 Å². The van der Waals surface area contributed by atoms with Crippen molar-refractivity contribution in [3.05, 3.63) is 58.9 Å². The van der Waals surface area contributed by atoms with E-state index in [-0.39, 0.29) is 12.2 Å². The summed E-state index contributed by atoms with van der Waals surface area (Å²) in [5, 5.41) is 10.4. The van der Waals surface area contributed by atoms with Crippen LogP contribution in [0.4, 0.5) is 4.39 Å². The van der Waals surface area contributed by atoms with Crippen molar-refractivity contribution in [1.29, 1.82) is 0 Å². The predicted molar refractivity (Wildman–Crippen MR) is 79.3 cm³/mol. The zero-order valence-corrected chi connectivity index (χ0v) is 12.4. The fourth-order valence-corrected chi connectivity index (χ4v) is 2.30. The van der Waals surface area contributed by atoms with Crippen LogP contribution in [-0.4, -0.2) is 19.3 Å². The molecule has 0 spiro atoms. The van der Waals surface area contributed by atoms with Crippen LogP contribution in [0, 0.1) is 12.7 Å². The van der Waals surface area contributed by atoms with Crippen molar-refractivity contribution in [3.63, 3.8) is 0 Å². The quantitative estimate of drug-likeness (QED) is 0.917. The third kappa shape index (κ3) is 3.34. The van der Waals surface area contributed by atoms with Crippen LogP contribution in [0.15, 0.2) is 36.4 Å². The number of aliphatic hydroxyl groups is 1. The van der Waals surface area contributed by atoms with Gasteiger partial charge in [-0.2, -0.15) is 0 Å². The molecule has 0 aromatic heterocycles. The molecule has 0 aliphatic heterocycles. The first-order valence-electron chi connectivity index (χ1n) is 6.70. The van der Waals surface area contributed by atoms with Gasteiger partial charge in [0.25, 0.3) is 0 Å². The Kier molecular flexibility index (Phi) is 4.81. The molecule has 2 aromatic rings. The number of hydrogen-bond donors (Lipinski definition) is 1. The number of hydrogen-bond acceptors (Lipinski definition) is 3. The Labute approximate surface area is 124 Å². The van der Waals surface area contributed by atoms with Gasteiger partial charge in [0.15, 0.2) is 11.6 Å². The molecule has 0 saturated carbocycles. The van der Waals surface area contributed by atoms with Crippen molar-refractivity contribution >= 4 is 0 Å². The topological polar surface area (TPSA) is 38.7 Å². The summed E-state index contributed by atoms with van der Waals surface area (Å²) in [6.45, 7) is 1.93. The van der Waals surface area contributed by atoms with Crippen molar-refractivity contribution < 1.29 is 19.0 Å². The first kappa shape index (κ1) is 15.3. The third-order valence-corrected chi connectivity index (χ3v) is 3.42. The summed E-state index contributed by atoms with van der Waals surface area (Å²) < 4.78 is 24.4. The number of halogens is 1. The third-order valence-electron chi connectivity index (χ3n) is 3.42. The summed E-state index contributed by atoms with van der Waals surface area (Å²) in [5.74, 6) is 0.331. The molecule has 0 saturated heterocycles. The molecule has 0 amide bonds. The minimum atomic E-state index is -0.846. The second kappa shape index (κ2) is 6.59. The zero-order valence-electron chi connectivity index (χ0n) is 12.4. The van der Waals surface area contributed by atoms with Gasteiger partial charge in [-0.05, 0) is 30.7 Å². The predicted octanol–water partition coefficient (Wildman–Crippen LogP) is 3.43. The minimum absolute atomic E-state index is 0.156. The lowest BCUT2D eigenvalue weighted by atomic mass is 9.98. The maximum Gasteiger partial charge on any atom is 0.168 e. The molecule has 1 N–H and O–H groups in total. The molecule has 0 aliphatic carbocycles. The molecule has 3 nitrogen and oxygen atoms in total. The van der Waals surface area contributed by atoms with Crippen LogP contribution >= 0.6 is 0 Å². The summed E-state index contributed by atoms with van der Waals surface area (Å²) in [4.78, 5) is 0. The zero-order chi connectivity index (χ0) is 15.4. The van der Waals surface area contributed by atoms with Gasteiger partial charge >= 0.3 is 0 Å². The van der Waals surface area contributed by atoms with Crippen molar-refractivity contribution in [3.8, 4) is 11.5 Å². The maximum absolute atomic E-state index is 14.1. The van der Waals surface area contributed by atoms with E-state index in [0.717, 1.165) is 5.56 Å². The monoisotopic (exact) mass is 290 g/mol. The summed E-state index contributed by atoms with van der Waals surface area (Å²) in [7, 11) is 2.97. The molecule has 1 atom stereocenters. The van der Waals surface area contributed by atoms with E-state index < -0.39 is 11.9 Å².